The Balaban J connectivity index is 1.53. The van der Waals surface area contributed by atoms with Crippen LogP contribution in [0.5, 0.6) is 5.75 Å². The summed E-state index contributed by atoms with van der Waals surface area (Å²) in [6, 6.07) is 16.4. The van der Waals surface area contributed by atoms with Crippen LogP contribution < -0.4 is 20.5 Å². The van der Waals surface area contributed by atoms with Crippen LogP contribution in [0, 0.1) is 20.8 Å². The number of ether oxygens (including phenoxy) is 1. The van der Waals surface area contributed by atoms with E-state index >= 15 is 0 Å². The number of hydrogen-bond donors (Lipinski definition) is 2. The Hall–Kier alpha value is -3.91. The summed E-state index contributed by atoms with van der Waals surface area (Å²) in [6.45, 7) is 6.40. The summed E-state index contributed by atoms with van der Waals surface area (Å²) in [7, 11) is 1.63. The second-order valence-corrected chi connectivity index (χ2v) is 9.18. The van der Waals surface area contributed by atoms with E-state index in [0.29, 0.717) is 24.2 Å². The molecule has 0 atom stereocenters. The van der Waals surface area contributed by atoms with Crippen LogP contribution in [0.2, 0.25) is 0 Å². The summed E-state index contributed by atoms with van der Waals surface area (Å²) in [4.78, 5) is 30.7. The summed E-state index contributed by atoms with van der Waals surface area (Å²) in [5.41, 5.74) is 10.6. The van der Waals surface area contributed by atoms with E-state index in [-0.39, 0.29) is 5.91 Å². The standard InChI is InChI=1S/C27H28N4O3S/c1-17-5-12-24(19(3)18(17)2)31(26(32)21-8-11-23-25(15-21)35-16-29-23)30-27(33)28-14-13-20-6-9-22(34-4)10-7-20/h5-12,15-16H,13-14H2,1-4H3,(H2,28,30,33). The molecular formula is C27H28N4O3S. The van der Waals surface area contributed by atoms with Gasteiger partial charge in [0.05, 0.1) is 28.5 Å². The molecule has 0 bridgehead atoms. The number of carbonyl (C=O) groups is 2. The zero-order valence-electron chi connectivity index (χ0n) is 20.2. The molecule has 4 rings (SSSR count). The van der Waals surface area contributed by atoms with Crippen LogP contribution >= 0.6 is 11.3 Å². The molecule has 7 nitrogen and oxygen atoms in total. The topological polar surface area (TPSA) is 83.6 Å². The van der Waals surface area contributed by atoms with E-state index < -0.39 is 6.03 Å². The van der Waals surface area contributed by atoms with Gasteiger partial charge in [-0.25, -0.2) is 20.2 Å². The molecule has 0 spiro atoms. The molecule has 0 radical (unpaired) electrons. The molecule has 0 aliphatic rings. The van der Waals surface area contributed by atoms with E-state index in [1.165, 1.54) is 16.3 Å². The first kappa shape index (κ1) is 24.2. The van der Waals surface area contributed by atoms with E-state index in [1.807, 2.05) is 69.3 Å². The Morgan fingerprint density at radius 3 is 2.51 bits per heavy atom. The van der Waals surface area contributed by atoms with E-state index in [4.69, 9.17) is 4.74 Å². The number of amides is 3. The number of anilines is 1. The van der Waals surface area contributed by atoms with Crippen molar-refractivity contribution in [3.8, 4) is 5.75 Å². The third kappa shape index (κ3) is 5.44. The maximum absolute atomic E-state index is 13.6. The zero-order valence-corrected chi connectivity index (χ0v) is 21.0. The van der Waals surface area contributed by atoms with Crippen molar-refractivity contribution in [3.05, 3.63) is 87.9 Å². The van der Waals surface area contributed by atoms with Crippen LogP contribution in [0.25, 0.3) is 10.2 Å². The summed E-state index contributed by atoms with van der Waals surface area (Å²) in [5, 5.41) is 4.18. The van der Waals surface area contributed by atoms with Crippen LogP contribution in [0.15, 0.2) is 60.1 Å². The molecule has 2 N–H and O–H groups in total. The second-order valence-electron chi connectivity index (χ2n) is 8.29. The van der Waals surface area contributed by atoms with Crippen molar-refractivity contribution in [1.82, 2.24) is 15.7 Å². The van der Waals surface area contributed by atoms with Crippen LogP contribution in [0.1, 0.15) is 32.6 Å². The monoisotopic (exact) mass is 488 g/mol. The SMILES string of the molecule is COc1ccc(CCNC(=O)NN(C(=O)c2ccc3ncsc3c2)c2ccc(C)c(C)c2C)cc1. The molecule has 8 heteroatoms. The normalized spacial score (nSPS) is 10.7. The van der Waals surface area contributed by atoms with Gasteiger partial charge in [0.2, 0.25) is 0 Å². The Morgan fingerprint density at radius 2 is 1.77 bits per heavy atom. The average molecular weight is 489 g/mol. The quantitative estimate of drug-likeness (QED) is 0.359. The second kappa shape index (κ2) is 10.6. The number of aromatic nitrogens is 1. The summed E-state index contributed by atoms with van der Waals surface area (Å²) < 4.78 is 6.09. The first-order chi connectivity index (χ1) is 16.9. The molecule has 1 heterocycles. The lowest BCUT2D eigenvalue weighted by Gasteiger charge is -2.26. The van der Waals surface area contributed by atoms with Gasteiger partial charge in [-0.05, 0) is 85.8 Å². The Labute approximate surface area is 208 Å². The van der Waals surface area contributed by atoms with Gasteiger partial charge in [-0.2, -0.15) is 0 Å². The third-order valence-corrected chi connectivity index (χ3v) is 6.92. The van der Waals surface area contributed by atoms with E-state index in [0.717, 1.165) is 38.2 Å². The fourth-order valence-electron chi connectivity index (χ4n) is 3.78. The fraction of sp³-hybridized carbons (Fsp3) is 0.222. The molecule has 180 valence electrons. The number of thiazole rings is 1. The third-order valence-electron chi connectivity index (χ3n) is 6.12. The number of nitrogens with zero attached hydrogens (tertiary/aromatic N) is 2. The first-order valence-electron chi connectivity index (χ1n) is 11.3. The van der Waals surface area contributed by atoms with Crippen molar-refractivity contribution < 1.29 is 14.3 Å². The Bertz CT molecular complexity index is 1360. The van der Waals surface area contributed by atoms with Gasteiger partial charge in [-0.3, -0.25) is 4.79 Å². The molecule has 4 aromatic rings. The number of hydrazine groups is 1. The molecule has 0 saturated heterocycles. The number of rotatable bonds is 6. The smallest absolute Gasteiger partial charge is 0.334 e. The molecule has 3 amide bonds. The van der Waals surface area contributed by atoms with Crippen molar-refractivity contribution in [2.45, 2.75) is 27.2 Å². The van der Waals surface area contributed by atoms with Crippen molar-refractivity contribution in [2.75, 3.05) is 18.7 Å². The lowest BCUT2D eigenvalue weighted by molar-refractivity contribution is 0.0975. The highest BCUT2D eigenvalue weighted by Crippen LogP contribution is 2.27. The van der Waals surface area contributed by atoms with Crippen LogP contribution in [0.3, 0.4) is 0 Å². The lowest BCUT2D eigenvalue weighted by atomic mass is 10.0. The molecule has 0 unspecified atom stereocenters. The summed E-state index contributed by atoms with van der Waals surface area (Å²) in [6.07, 6.45) is 0.649. The Kier molecular flexibility index (Phi) is 7.31. The zero-order chi connectivity index (χ0) is 24.9. The fourth-order valence-corrected chi connectivity index (χ4v) is 4.49. The largest absolute Gasteiger partial charge is 0.497 e. The highest BCUT2D eigenvalue weighted by molar-refractivity contribution is 7.16. The lowest BCUT2D eigenvalue weighted by Crippen LogP contribution is -2.51. The molecule has 0 fully saturated rings. The molecule has 0 aliphatic carbocycles. The molecule has 0 aliphatic heterocycles. The number of hydrogen-bond acceptors (Lipinski definition) is 5. The van der Waals surface area contributed by atoms with Gasteiger partial charge >= 0.3 is 6.03 Å². The number of methoxy groups -OCH3 is 1. The van der Waals surface area contributed by atoms with Gasteiger partial charge < -0.3 is 10.1 Å². The number of nitrogens with one attached hydrogen (secondary N) is 2. The highest BCUT2D eigenvalue weighted by atomic mass is 32.1. The maximum atomic E-state index is 13.6. The molecule has 1 aromatic heterocycles. The van der Waals surface area contributed by atoms with E-state index in [1.54, 1.807) is 18.7 Å². The number of benzene rings is 3. The summed E-state index contributed by atoms with van der Waals surface area (Å²) >= 11 is 1.47. The molecule has 3 aromatic carbocycles. The van der Waals surface area contributed by atoms with Gasteiger partial charge in [0.15, 0.2) is 0 Å². The van der Waals surface area contributed by atoms with Gasteiger partial charge in [0.1, 0.15) is 5.75 Å². The first-order valence-corrected chi connectivity index (χ1v) is 12.2. The molecule has 35 heavy (non-hydrogen) atoms. The van der Waals surface area contributed by atoms with Gasteiger partial charge in [-0.1, -0.05) is 18.2 Å². The minimum atomic E-state index is -0.455. The molecular weight excluding hydrogens is 460 g/mol. The van der Waals surface area contributed by atoms with E-state index in [9.17, 15) is 9.59 Å². The van der Waals surface area contributed by atoms with Crippen molar-refractivity contribution >= 4 is 39.2 Å². The van der Waals surface area contributed by atoms with Gasteiger partial charge in [0, 0.05) is 12.1 Å². The van der Waals surface area contributed by atoms with E-state index in [2.05, 4.69) is 15.7 Å². The summed E-state index contributed by atoms with van der Waals surface area (Å²) in [5.74, 6) is 0.464. The van der Waals surface area contributed by atoms with Gasteiger partial charge in [-0.15, -0.1) is 11.3 Å². The minimum Gasteiger partial charge on any atom is -0.497 e. The predicted molar refractivity (Wildman–Crippen MR) is 140 cm³/mol. The molecule has 0 saturated carbocycles. The number of carbonyl (C=O) groups excluding carboxylic acids is 2. The number of urea groups is 1. The van der Waals surface area contributed by atoms with Gasteiger partial charge in [0.25, 0.3) is 5.91 Å². The average Bonchev–Trinajstić information content (AvgIpc) is 3.34. The van der Waals surface area contributed by atoms with Crippen molar-refractivity contribution in [1.29, 1.82) is 0 Å². The van der Waals surface area contributed by atoms with Crippen LogP contribution in [0.4, 0.5) is 10.5 Å². The van der Waals surface area contributed by atoms with Crippen molar-refractivity contribution in [3.63, 3.8) is 0 Å². The Morgan fingerprint density at radius 1 is 1.00 bits per heavy atom. The number of fused-ring (bicyclic) bond motifs is 1. The number of aryl methyl sites for hydroxylation is 1. The minimum absolute atomic E-state index is 0.322. The maximum Gasteiger partial charge on any atom is 0.334 e. The van der Waals surface area contributed by atoms with Crippen molar-refractivity contribution in [2.24, 2.45) is 0 Å². The van der Waals surface area contributed by atoms with Crippen LogP contribution in [-0.4, -0.2) is 30.6 Å². The predicted octanol–water partition coefficient (Wildman–Crippen LogP) is 5.33. The van der Waals surface area contributed by atoms with Crippen LogP contribution in [-0.2, 0) is 6.42 Å². The highest BCUT2D eigenvalue weighted by Gasteiger charge is 2.23.